The summed E-state index contributed by atoms with van der Waals surface area (Å²) in [5.74, 6) is -0.188. The summed E-state index contributed by atoms with van der Waals surface area (Å²) in [5.41, 5.74) is 4.04. The van der Waals surface area contributed by atoms with Crippen molar-refractivity contribution in [3.8, 4) is 0 Å². The van der Waals surface area contributed by atoms with Gasteiger partial charge in [0.25, 0.3) is 5.91 Å². The highest BCUT2D eigenvalue weighted by Crippen LogP contribution is 2.28. The van der Waals surface area contributed by atoms with Gasteiger partial charge in [-0.2, -0.15) is 0 Å². The summed E-state index contributed by atoms with van der Waals surface area (Å²) >= 11 is 6.26. The van der Waals surface area contributed by atoms with Crippen LogP contribution in [-0.2, 0) is 0 Å². The van der Waals surface area contributed by atoms with Crippen LogP contribution in [0.5, 0.6) is 0 Å². The normalized spacial score (nSPS) is 10.7. The summed E-state index contributed by atoms with van der Waals surface area (Å²) in [6.07, 6.45) is 1.71. The Morgan fingerprint density at radius 1 is 1.14 bits per heavy atom. The second kappa shape index (κ2) is 5.78. The van der Waals surface area contributed by atoms with Gasteiger partial charge in [-0.25, -0.2) is 0 Å². The first kappa shape index (κ1) is 14.5. The summed E-state index contributed by atoms with van der Waals surface area (Å²) in [5, 5.41) is 4.28. The lowest BCUT2D eigenvalue weighted by Gasteiger charge is -2.12. The Morgan fingerprint density at radius 2 is 1.95 bits per heavy atom. The molecular formula is C18H15ClN2O. The lowest BCUT2D eigenvalue weighted by Crippen LogP contribution is -2.14. The Kier molecular flexibility index (Phi) is 3.82. The van der Waals surface area contributed by atoms with Crippen molar-refractivity contribution in [1.82, 2.24) is 4.98 Å². The number of fused-ring (bicyclic) bond motifs is 1. The van der Waals surface area contributed by atoms with Gasteiger partial charge in [0.15, 0.2) is 0 Å². The summed E-state index contributed by atoms with van der Waals surface area (Å²) < 4.78 is 0. The first-order chi connectivity index (χ1) is 10.6. The fourth-order valence-electron chi connectivity index (χ4n) is 2.56. The van der Waals surface area contributed by atoms with Crippen LogP contribution in [0.3, 0.4) is 0 Å². The molecule has 3 rings (SSSR count). The molecule has 2 aromatic carbocycles. The number of benzene rings is 2. The number of nitrogens with one attached hydrogen (secondary N) is 1. The Morgan fingerprint density at radius 3 is 2.73 bits per heavy atom. The molecule has 0 radical (unpaired) electrons. The van der Waals surface area contributed by atoms with Gasteiger partial charge in [0.2, 0.25) is 0 Å². The molecule has 110 valence electrons. The Labute approximate surface area is 133 Å². The van der Waals surface area contributed by atoms with Crippen LogP contribution in [-0.4, -0.2) is 10.9 Å². The van der Waals surface area contributed by atoms with E-state index in [0.29, 0.717) is 16.3 Å². The summed E-state index contributed by atoms with van der Waals surface area (Å²) in [6.45, 7) is 3.90. The lowest BCUT2D eigenvalue weighted by molar-refractivity contribution is 0.102. The Bertz CT molecular complexity index is 846. The molecule has 0 aliphatic carbocycles. The standard InChI is InChI=1S/C18H15ClN2O/c1-11-9-12(2)17(15(19)10-11)21-18(22)14-5-3-7-16-13(14)6-4-8-20-16/h3-10H,1-2H3,(H,21,22). The van der Waals surface area contributed by atoms with Crippen LogP contribution in [0.1, 0.15) is 21.5 Å². The Balaban J connectivity index is 2.01. The van der Waals surface area contributed by atoms with E-state index >= 15 is 0 Å². The number of pyridine rings is 1. The first-order valence-corrected chi connectivity index (χ1v) is 7.36. The minimum Gasteiger partial charge on any atom is -0.320 e. The largest absolute Gasteiger partial charge is 0.320 e. The van der Waals surface area contributed by atoms with Crippen molar-refractivity contribution in [1.29, 1.82) is 0 Å². The molecular weight excluding hydrogens is 296 g/mol. The number of nitrogens with zero attached hydrogens (tertiary/aromatic N) is 1. The smallest absolute Gasteiger partial charge is 0.256 e. The zero-order valence-electron chi connectivity index (χ0n) is 12.4. The second-order valence-corrected chi connectivity index (χ2v) is 5.68. The van der Waals surface area contributed by atoms with Crippen molar-refractivity contribution in [2.75, 3.05) is 5.32 Å². The number of aryl methyl sites for hydroxylation is 2. The maximum absolute atomic E-state index is 12.6. The molecule has 0 aliphatic rings. The third-order valence-electron chi connectivity index (χ3n) is 3.56. The van der Waals surface area contributed by atoms with E-state index in [9.17, 15) is 4.79 Å². The zero-order chi connectivity index (χ0) is 15.7. The topological polar surface area (TPSA) is 42.0 Å². The molecule has 0 bridgehead atoms. The fourth-order valence-corrected chi connectivity index (χ4v) is 2.92. The molecule has 0 unspecified atom stereocenters. The van der Waals surface area contributed by atoms with E-state index < -0.39 is 0 Å². The highest BCUT2D eigenvalue weighted by atomic mass is 35.5. The molecule has 0 spiro atoms. The molecule has 1 amide bonds. The van der Waals surface area contributed by atoms with E-state index in [2.05, 4.69) is 10.3 Å². The predicted octanol–water partition coefficient (Wildman–Crippen LogP) is 4.76. The summed E-state index contributed by atoms with van der Waals surface area (Å²) in [4.78, 5) is 16.9. The number of hydrogen-bond donors (Lipinski definition) is 1. The molecule has 22 heavy (non-hydrogen) atoms. The van der Waals surface area contributed by atoms with Crippen LogP contribution >= 0.6 is 11.6 Å². The van der Waals surface area contributed by atoms with E-state index in [-0.39, 0.29) is 5.91 Å². The number of carbonyl (C=O) groups is 1. The number of anilines is 1. The lowest BCUT2D eigenvalue weighted by atomic mass is 10.1. The second-order valence-electron chi connectivity index (χ2n) is 5.27. The third-order valence-corrected chi connectivity index (χ3v) is 3.86. The minimum absolute atomic E-state index is 0.188. The van der Waals surface area contributed by atoms with Gasteiger partial charge in [-0.15, -0.1) is 0 Å². The van der Waals surface area contributed by atoms with Gasteiger partial charge in [0.1, 0.15) is 0 Å². The van der Waals surface area contributed by atoms with Gasteiger partial charge >= 0.3 is 0 Å². The fraction of sp³-hybridized carbons (Fsp3) is 0.111. The molecule has 0 saturated heterocycles. The van der Waals surface area contributed by atoms with Crippen molar-refractivity contribution < 1.29 is 4.79 Å². The number of halogens is 1. The zero-order valence-corrected chi connectivity index (χ0v) is 13.1. The van der Waals surface area contributed by atoms with Gasteiger partial charge in [-0.1, -0.05) is 29.8 Å². The molecule has 4 heteroatoms. The average molecular weight is 311 g/mol. The number of rotatable bonds is 2. The average Bonchev–Trinajstić information content (AvgIpc) is 2.50. The van der Waals surface area contributed by atoms with Crippen LogP contribution in [0, 0.1) is 13.8 Å². The monoisotopic (exact) mass is 310 g/mol. The van der Waals surface area contributed by atoms with Crippen LogP contribution < -0.4 is 5.32 Å². The molecule has 1 aromatic heterocycles. The van der Waals surface area contributed by atoms with Crippen molar-refractivity contribution in [2.24, 2.45) is 0 Å². The maximum Gasteiger partial charge on any atom is 0.256 e. The summed E-state index contributed by atoms with van der Waals surface area (Å²) in [6, 6.07) is 13.0. The predicted molar refractivity (Wildman–Crippen MR) is 90.6 cm³/mol. The van der Waals surface area contributed by atoms with E-state index in [1.54, 1.807) is 12.3 Å². The Hall–Kier alpha value is -2.39. The number of carbonyl (C=O) groups excluding carboxylic acids is 1. The molecule has 3 nitrogen and oxygen atoms in total. The van der Waals surface area contributed by atoms with Gasteiger partial charge < -0.3 is 5.32 Å². The highest BCUT2D eigenvalue weighted by Gasteiger charge is 2.13. The molecule has 0 aliphatic heterocycles. The van der Waals surface area contributed by atoms with Crippen molar-refractivity contribution >= 4 is 34.1 Å². The maximum atomic E-state index is 12.6. The van der Waals surface area contributed by atoms with E-state index in [1.807, 2.05) is 50.2 Å². The van der Waals surface area contributed by atoms with Crippen molar-refractivity contribution in [3.63, 3.8) is 0 Å². The quantitative estimate of drug-likeness (QED) is 0.741. The van der Waals surface area contributed by atoms with Gasteiger partial charge in [0.05, 0.1) is 16.2 Å². The van der Waals surface area contributed by atoms with Crippen LogP contribution in [0.4, 0.5) is 5.69 Å². The van der Waals surface area contributed by atoms with Crippen LogP contribution in [0.15, 0.2) is 48.7 Å². The third kappa shape index (κ3) is 2.68. The van der Waals surface area contributed by atoms with Crippen molar-refractivity contribution in [3.05, 3.63) is 70.4 Å². The van der Waals surface area contributed by atoms with E-state index in [1.165, 1.54) is 0 Å². The molecule has 0 atom stereocenters. The van der Waals surface area contributed by atoms with Gasteiger partial charge in [-0.3, -0.25) is 9.78 Å². The van der Waals surface area contributed by atoms with Crippen LogP contribution in [0.25, 0.3) is 10.9 Å². The SMILES string of the molecule is Cc1cc(C)c(NC(=O)c2cccc3ncccc23)c(Cl)c1. The molecule has 1 N–H and O–H groups in total. The van der Waals surface area contributed by atoms with Gasteiger partial charge in [-0.05, 0) is 49.2 Å². The van der Waals surface area contributed by atoms with Crippen LogP contribution in [0.2, 0.25) is 5.02 Å². The first-order valence-electron chi connectivity index (χ1n) is 6.98. The van der Waals surface area contributed by atoms with E-state index in [0.717, 1.165) is 22.0 Å². The van der Waals surface area contributed by atoms with Crippen molar-refractivity contribution in [2.45, 2.75) is 13.8 Å². The summed E-state index contributed by atoms with van der Waals surface area (Å²) in [7, 11) is 0. The molecule has 3 aromatic rings. The molecule has 0 saturated carbocycles. The highest BCUT2D eigenvalue weighted by molar-refractivity contribution is 6.34. The minimum atomic E-state index is -0.188. The number of amides is 1. The molecule has 0 fully saturated rings. The molecule has 1 heterocycles. The number of aromatic nitrogens is 1. The number of hydrogen-bond acceptors (Lipinski definition) is 2. The van der Waals surface area contributed by atoms with Gasteiger partial charge in [0, 0.05) is 17.1 Å². The van der Waals surface area contributed by atoms with E-state index in [4.69, 9.17) is 11.6 Å².